The van der Waals surface area contributed by atoms with Crippen molar-refractivity contribution in [3.8, 4) is 0 Å². The van der Waals surface area contributed by atoms with Gasteiger partial charge in [0.1, 0.15) is 0 Å². The van der Waals surface area contributed by atoms with Crippen molar-refractivity contribution in [1.82, 2.24) is 0 Å². The van der Waals surface area contributed by atoms with Crippen molar-refractivity contribution in [2.24, 2.45) is 17.6 Å². The maximum atomic E-state index is 5.60. The second-order valence-electron chi connectivity index (χ2n) is 3.81. The van der Waals surface area contributed by atoms with Gasteiger partial charge in [-0.25, -0.2) is 0 Å². The molecule has 1 aliphatic rings. The van der Waals surface area contributed by atoms with Gasteiger partial charge in [0, 0.05) is 0 Å². The van der Waals surface area contributed by atoms with Crippen LogP contribution in [0.3, 0.4) is 0 Å². The van der Waals surface area contributed by atoms with Crippen LogP contribution in [0.15, 0.2) is 11.6 Å². The van der Waals surface area contributed by atoms with Crippen LogP contribution in [0, 0.1) is 11.8 Å². The first-order valence-electron chi connectivity index (χ1n) is 4.63. The Balaban J connectivity index is 2.44. The molecule has 0 saturated heterocycles. The van der Waals surface area contributed by atoms with Crippen molar-refractivity contribution < 1.29 is 0 Å². The van der Waals surface area contributed by atoms with Gasteiger partial charge in [0.05, 0.1) is 0 Å². The highest BCUT2D eigenvalue weighted by Gasteiger charge is 2.13. The van der Waals surface area contributed by atoms with E-state index in [1.54, 1.807) is 5.57 Å². The molecule has 1 nitrogen and oxygen atoms in total. The summed E-state index contributed by atoms with van der Waals surface area (Å²) in [6, 6.07) is 0. The van der Waals surface area contributed by atoms with Crippen LogP contribution in [0.5, 0.6) is 0 Å². The molecule has 0 fully saturated rings. The van der Waals surface area contributed by atoms with Crippen LogP contribution in [0.1, 0.15) is 33.1 Å². The molecule has 0 radical (unpaired) electrons. The van der Waals surface area contributed by atoms with Gasteiger partial charge in [0.15, 0.2) is 0 Å². The van der Waals surface area contributed by atoms with E-state index in [4.69, 9.17) is 5.73 Å². The van der Waals surface area contributed by atoms with E-state index < -0.39 is 0 Å². The van der Waals surface area contributed by atoms with Crippen molar-refractivity contribution in [3.63, 3.8) is 0 Å². The van der Waals surface area contributed by atoms with E-state index in [-0.39, 0.29) is 0 Å². The minimum Gasteiger partial charge on any atom is -0.330 e. The minimum atomic E-state index is 0.744. The van der Waals surface area contributed by atoms with E-state index >= 15 is 0 Å². The zero-order valence-electron chi connectivity index (χ0n) is 7.64. The molecular formula is C10H19N. The average molecular weight is 153 g/mol. The molecule has 0 heterocycles. The first-order chi connectivity index (χ1) is 5.24. The summed E-state index contributed by atoms with van der Waals surface area (Å²) in [5.41, 5.74) is 7.23. The highest BCUT2D eigenvalue weighted by atomic mass is 14.5. The molecule has 1 aliphatic carbocycles. The molecular weight excluding hydrogens is 134 g/mol. The summed E-state index contributed by atoms with van der Waals surface area (Å²) in [4.78, 5) is 0. The summed E-state index contributed by atoms with van der Waals surface area (Å²) >= 11 is 0. The second-order valence-corrected chi connectivity index (χ2v) is 3.81. The summed E-state index contributed by atoms with van der Waals surface area (Å²) in [6.07, 6.45) is 6.19. The third kappa shape index (κ3) is 2.33. The highest BCUT2D eigenvalue weighted by Crippen LogP contribution is 2.26. The Labute approximate surface area is 69.7 Å². The van der Waals surface area contributed by atoms with E-state index in [9.17, 15) is 0 Å². The van der Waals surface area contributed by atoms with Gasteiger partial charge in [0.25, 0.3) is 0 Å². The Kier molecular flexibility index (Phi) is 3.13. The van der Waals surface area contributed by atoms with Gasteiger partial charge in [-0.2, -0.15) is 0 Å². The molecule has 0 amide bonds. The molecule has 0 aromatic carbocycles. The van der Waals surface area contributed by atoms with Crippen molar-refractivity contribution in [2.75, 3.05) is 6.54 Å². The van der Waals surface area contributed by atoms with Crippen LogP contribution in [0.4, 0.5) is 0 Å². The number of hydrogen-bond acceptors (Lipinski definition) is 1. The van der Waals surface area contributed by atoms with Crippen LogP contribution >= 0.6 is 0 Å². The first-order valence-corrected chi connectivity index (χ1v) is 4.63. The monoisotopic (exact) mass is 153 g/mol. The van der Waals surface area contributed by atoms with Crippen molar-refractivity contribution in [2.45, 2.75) is 33.1 Å². The average Bonchev–Trinajstić information content (AvgIpc) is 2.05. The van der Waals surface area contributed by atoms with Crippen LogP contribution < -0.4 is 5.73 Å². The summed E-state index contributed by atoms with van der Waals surface area (Å²) in [5, 5.41) is 0. The van der Waals surface area contributed by atoms with Gasteiger partial charge < -0.3 is 5.73 Å². The molecule has 0 aromatic rings. The van der Waals surface area contributed by atoms with E-state index in [0.29, 0.717) is 0 Å². The molecule has 0 spiro atoms. The second kappa shape index (κ2) is 3.91. The highest BCUT2D eigenvalue weighted by molar-refractivity contribution is 5.08. The molecule has 1 rings (SSSR count). The first kappa shape index (κ1) is 8.79. The molecule has 2 N–H and O–H groups in total. The third-order valence-electron chi connectivity index (χ3n) is 2.63. The Bertz CT molecular complexity index is 147. The SMILES string of the molecule is CC(C)C1=CCC(CN)CC1. The fourth-order valence-electron chi connectivity index (χ4n) is 1.65. The number of allylic oxidation sites excluding steroid dienone is 2. The number of hydrogen-bond donors (Lipinski definition) is 1. The molecule has 1 atom stereocenters. The van der Waals surface area contributed by atoms with Gasteiger partial charge >= 0.3 is 0 Å². The van der Waals surface area contributed by atoms with Crippen LogP contribution in [-0.4, -0.2) is 6.54 Å². The summed E-state index contributed by atoms with van der Waals surface area (Å²) in [6.45, 7) is 5.41. The van der Waals surface area contributed by atoms with E-state index in [0.717, 1.165) is 18.4 Å². The van der Waals surface area contributed by atoms with Crippen molar-refractivity contribution in [1.29, 1.82) is 0 Å². The Morgan fingerprint density at radius 1 is 1.64 bits per heavy atom. The maximum absolute atomic E-state index is 5.60. The minimum absolute atomic E-state index is 0.744. The van der Waals surface area contributed by atoms with Crippen molar-refractivity contribution >= 4 is 0 Å². The molecule has 0 saturated carbocycles. The Morgan fingerprint density at radius 2 is 2.36 bits per heavy atom. The summed E-state index contributed by atoms with van der Waals surface area (Å²) in [7, 11) is 0. The van der Waals surface area contributed by atoms with Gasteiger partial charge in [-0.15, -0.1) is 0 Å². The molecule has 0 bridgehead atoms. The van der Waals surface area contributed by atoms with Crippen LogP contribution in [-0.2, 0) is 0 Å². The van der Waals surface area contributed by atoms with E-state index in [1.165, 1.54) is 19.3 Å². The quantitative estimate of drug-likeness (QED) is 0.605. The van der Waals surface area contributed by atoms with Gasteiger partial charge in [-0.1, -0.05) is 25.5 Å². The smallest absolute Gasteiger partial charge is 0.00458 e. The van der Waals surface area contributed by atoms with Gasteiger partial charge in [-0.3, -0.25) is 0 Å². The zero-order valence-corrected chi connectivity index (χ0v) is 7.64. The lowest BCUT2D eigenvalue weighted by Gasteiger charge is -2.22. The van der Waals surface area contributed by atoms with Gasteiger partial charge in [-0.05, 0) is 37.6 Å². The predicted molar refractivity (Wildman–Crippen MR) is 49.3 cm³/mol. The van der Waals surface area contributed by atoms with Gasteiger partial charge in [0.2, 0.25) is 0 Å². The normalized spacial score (nSPS) is 25.5. The predicted octanol–water partition coefficient (Wildman–Crippen LogP) is 2.33. The molecule has 11 heavy (non-hydrogen) atoms. The third-order valence-corrected chi connectivity index (χ3v) is 2.63. The van der Waals surface area contributed by atoms with Crippen LogP contribution in [0.25, 0.3) is 0 Å². The Hall–Kier alpha value is -0.300. The van der Waals surface area contributed by atoms with Crippen LogP contribution in [0.2, 0.25) is 0 Å². The molecule has 1 unspecified atom stereocenters. The van der Waals surface area contributed by atoms with E-state index in [2.05, 4.69) is 19.9 Å². The zero-order chi connectivity index (χ0) is 8.27. The molecule has 64 valence electrons. The fraction of sp³-hybridized carbons (Fsp3) is 0.800. The summed E-state index contributed by atoms with van der Waals surface area (Å²) in [5.74, 6) is 1.51. The maximum Gasteiger partial charge on any atom is -0.00458 e. The summed E-state index contributed by atoms with van der Waals surface area (Å²) < 4.78 is 0. The lowest BCUT2D eigenvalue weighted by molar-refractivity contribution is 0.462. The lowest BCUT2D eigenvalue weighted by Crippen LogP contribution is -2.17. The largest absolute Gasteiger partial charge is 0.330 e. The molecule has 1 heteroatoms. The lowest BCUT2D eigenvalue weighted by atomic mass is 9.85. The number of rotatable bonds is 2. The topological polar surface area (TPSA) is 26.0 Å². The standard InChI is InChI=1S/C10H19N/c1-8(2)10-5-3-9(7-11)4-6-10/h5,8-9H,3-4,6-7,11H2,1-2H3. The molecule has 0 aromatic heterocycles. The van der Waals surface area contributed by atoms with E-state index in [1.807, 2.05) is 0 Å². The van der Waals surface area contributed by atoms with Crippen molar-refractivity contribution in [3.05, 3.63) is 11.6 Å². The number of nitrogens with two attached hydrogens (primary N) is 1. The Morgan fingerprint density at radius 3 is 2.73 bits per heavy atom. The molecule has 0 aliphatic heterocycles. The fourth-order valence-corrected chi connectivity index (χ4v) is 1.65.